The highest BCUT2D eigenvalue weighted by molar-refractivity contribution is 5.61. The van der Waals surface area contributed by atoms with E-state index in [-0.39, 0.29) is 0 Å². The van der Waals surface area contributed by atoms with E-state index < -0.39 is 0 Å². The van der Waals surface area contributed by atoms with Crippen LogP contribution in [-0.2, 0) is 0 Å². The summed E-state index contributed by atoms with van der Waals surface area (Å²) in [6.45, 7) is 5.32. The van der Waals surface area contributed by atoms with Crippen LogP contribution in [0.5, 0.6) is 0 Å². The lowest BCUT2D eigenvalue weighted by Gasteiger charge is -2.39. The molecule has 1 aromatic rings. The van der Waals surface area contributed by atoms with E-state index >= 15 is 0 Å². The Bertz CT molecular complexity index is 534. The molecule has 2 aliphatic rings. The monoisotopic (exact) mass is 283 g/mol. The van der Waals surface area contributed by atoms with Crippen molar-refractivity contribution in [3.8, 4) is 6.07 Å². The Morgan fingerprint density at radius 3 is 2.62 bits per heavy atom. The first-order chi connectivity index (χ1) is 10.2. The third-order valence-corrected chi connectivity index (χ3v) is 4.94. The van der Waals surface area contributed by atoms with E-state index in [1.54, 1.807) is 0 Å². The van der Waals surface area contributed by atoms with Gasteiger partial charge in [-0.1, -0.05) is 13.0 Å². The Hall–Kier alpha value is -1.53. The SMILES string of the molecule is CCCN(c1ccc(C)cc1C#N)C1CC2CCC(C1)N2. The highest BCUT2D eigenvalue weighted by Gasteiger charge is 2.36. The largest absolute Gasteiger partial charge is 0.367 e. The predicted octanol–water partition coefficient (Wildman–Crippen LogP) is 3.37. The molecular weight excluding hydrogens is 258 g/mol. The lowest BCUT2D eigenvalue weighted by atomic mass is 9.96. The molecule has 1 N–H and O–H groups in total. The van der Waals surface area contributed by atoms with Crippen LogP contribution in [-0.4, -0.2) is 24.7 Å². The molecule has 2 saturated heterocycles. The molecule has 3 nitrogen and oxygen atoms in total. The Morgan fingerprint density at radius 1 is 1.29 bits per heavy atom. The fraction of sp³-hybridized carbons (Fsp3) is 0.611. The van der Waals surface area contributed by atoms with E-state index in [9.17, 15) is 5.26 Å². The van der Waals surface area contributed by atoms with Crippen molar-refractivity contribution in [2.24, 2.45) is 0 Å². The summed E-state index contributed by atoms with van der Waals surface area (Å²) in [6.07, 6.45) is 6.20. The smallest absolute Gasteiger partial charge is 0.101 e. The maximum absolute atomic E-state index is 9.49. The maximum Gasteiger partial charge on any atom is 0.101 e. The first kappa shape index (κ1) is 14.4. The topological polar surface area (TPSA) is 39.1 Å². The number of nitrogens with one attached hydrogen (secondary N) is 1. The van der Waals surface area contributed by atoms with Gasteiger partial charge in [0.05, 0.1) is 11.3 Å². The maximum atomic E-state index is 9.49. The van der Waals surface area contributed by atoms with Gasteiger partial charge in [0.2, 0.25) is 0 Å². The summed E-state index contributed by atoms with van der Waals surface area (Å²) in [4.78, 5) is 2.50. The molecule has 2 fully saturated rings. The Kier molecular flexibility index (Phi) is 4.17. The number of piperidine rings is 1. The number of hydrogen-bond acceptors (Lipinski definition) is 3. The summed E-state index contributed by atoms with van der Waals surface area (Å²) >= 11 is 0. The van der Waals surface area contributed by atoms with E-state index in [1.165, 1.54) is 25.7 Å². The van der Waals surface area contributed by atoms with E-state index in [2.05, 4.69) is 42.3 Å². The molecule has 2 aliphatic heterocycles. The molecule has 0 saturated carbocycles. The second kappa shape index (κ2) is 6.07. The molecule has 0 spiro atoms. The summed E-state index contributed by atoms with van der Waals surface area (Å²) < 4.78 is 0. The number of benzene rings is 1. The van der Waals surface area contributed by atoms with Gasteiger partial charge in [0.25, 0.3) is 0 Å². The molecule has 3 rings (SSSR count). The number of anilines is 1. The molecule has 0 radical (unpaired) electrons. The van der Waals surface area contributed by atoms with Gasteiger partial charge in [0.1, 0.15) is 6.07 Å². The molecule has 2 bridgehead atoms. The highest BCUT2D eigenvalue weighted by atomic mass is 15.2. The summed E-state index contributed by atoms with van der Waals surface area (Å²) in [6, 6.07) is 10.6. The van der Waals surface area contributed by atoms with E-state index in [1.807, 2.05) is 6.07 Å². The Labute approximate surface area is 128 Å². The minimum atomic E-state index is 0.582. The van der Waals surface area contributed by atoms with Gasteiger partial charge in [-0.3, -0.25) is 0 Å². The van der Waals surface area contributed by atoms with Crippen LogP contribution in [0.25, 0.3) is 0 Å². The molecule has 3 heteroatoms. The van der Waals surface area contributed by atoms with Crippen LogP contribution < -0.4 is 10.2 Å². The predicted molar refractivity (Wildman–Crippen MR) is 86.5 cm³/mol. The number of rotatable bonds is 4. The van der Waals surface area contributed by atoms with Crippen molar-refractivity contribution in [3.05, 3.63) is 29.3 Å². The normalized spacial score (nSPS) is 27.4. The molecule has 2 heterocycles. The van der Waals surface area contributed by atoms with Crippen LogP contribution in [0.2, 0.25) is 0 Å². The van der Waals surface area contributed by atoms with Gasteiger partial charge in [-0.25, -0.2) is 0 Å². The Balaban J connectivity index is 1.89. The lowest BCUT2D eigenvalue weighted by molar-refractivity contribution is 0.346. The van der Waals surface area contributed by atoms with E-state index in [0.29, 0.717) is 18.1 Å². The molecule has 0 amide bonds. The summed E-state index contributed by atoms with van der Waals surface area (Å²) in [7, 11) is 0. The van der Waals surface area contributed by atoms with Crippen molar-refractivity contribution in [3.63, 3.8) is 0 Å². The zero-order valence-electron chi connectivity index (χ0n) is 13.1. The van der Waals surface area contributed by atoms with Crippen molar-refractivity contribution in [2.45, 2.75) is 64.1 Å². The fourth-order valence-electron chi connectivity index (χ4n) is 4.01. The van der Waals surface area contributed by atoms with Gasteiger partial charge in [-0.15, -0.1) is 0 Å². The number of nitriles is 1. The molecule has 2 unspecified atom stereocenters. The van der Waals surface area contributed by atoms with Crippen LogP contribution in [0, 0.1) is 18.3 Å². The van der Waals surface area contributed by atoms with E-state index in [4.69, 9.17) is 0 Å². The molecule has 0 aliphatic carbocycles. The quantitative estimate of drug-likeness (QED) is 0.921. The van der Waals surface area contributed by atoms with Crippen LogP contribution in [0.1, 0.15) is 50.2 Å². The van der Waals surface area contributed by atoms with Crippen LogP contribution in [0.3, 0.4) is 0 Å². The summed E-state index contributed by atoms with van der Waals surface area (Å²) in [5, 5.41) is 13.2. The van der Waals surface area contributed by atoms with Gasteiger partial charge in [0, 0.05) is 24.7 Å². The average Bonchev–Trinajstić information content (AvgIpc) is 2.83. The summed E-state index contributed by atoms with van der Waals surface area (Å²) in [5.74, 6) is 0. The zero-order valence-corrected chi connectivity index (χ0v) is 13.1. The Morgan fingerprint density at radius 2 is 2.00 bits per heavy atom. The second-order valence-electron chi connectivity index (χ2n) is 6.59. The van der Waals surface area contributed by atoms with Crippen molar-refractivity contribution in [2.75, 3.05) is 11.4 Å². The number of aryl methyl sites for hydroxylation is 1. The number of nitrogens with zero attached hydrogens (tertiary/aromatic N) is 2. The molecule has 112 valence electrons. The fourth-order valence-corrected chi connectivity index (χ4v) is 4.01. The standard InChI is InChI=1S/C18H25N3/c1-3-8-21(17-10-15-5-6-16(11-17)20-15)18-7-4-13(2)9-14(18)12-19/h4,7,9,15-17,20H,3,5-6,8,10-11H2,1-2H3. The summed E-state index contributed by atoms with van der Waals surface area (Å²) in [5.41, 5.74) is 3.13. The molecule has 1 aromatic carbocycles. The molecule has 21 heavy (non-hydrogen) atoms. The first-order valence-corrected chi connectivity index (χ1v) is 8.24. The van der Waals surface area contributed by atoms with Crippen LogP contribution in [0.4, 0.5) is 5.69 Å². The number of fused-ring (bicyclic) bond motifs is 2. The third-order valence-electron chi connectivity index (χ3n) is 4.94. The van der Waals surface area contributed by atoms with Crippen LogP contribution in [0.15, 0.2) is 18.2 Å². The number of hydrogen-bond donors (Lipinski definition) is 1. The minimum absolute atomic E-state index is 0.582. The minimum Gasteiger partial charge on any atom is -0.367 e. The van der Waals surface area contributed by atoms with Crippen molar-refractivity contribution in [1.82, 2.24) is 5.32 Å². The third kappa shape index (κ3) is 2.91. The van der Waals surface area contributed by atoms with Gasteiger partial charge in [0.15, 0.2) is 0 Å². The molecule has 0 aromatic heterocycles. The first-order valence-electron chi connectivity index (χ1n) is 8.24. The lowest BCUT2D eigenvalue weighted by Crippen LogP contribution is -2.48. The van der Waals surface area contributed by atoms with Crippen molar-refractivity contribution >= 4 is 5.69 Å². The zero-order chi connectivity index (χ0) is 14.8. The second-order valence-corrected chi connectivity index (χ2v) is 6.59. The molecule has 2 atom stereocenters. The van der Waals surface area contributed by atoms with Gasteiger partial charge >= 0.3 is 0 Å². The van der Waals surface area contributed by atoms with E-state index in [0.717, 1.165) is 29.8 Å². The van der Waals surface area contributed by atoms with Gasteiger partial charge in [-0.05, 0) is 56.7 Å². The average molecular weight is 283 g/mol. The van der Waals surface area contributed by atoms with Crippen LogP contribution >= 0.6 is 0 Å². The van der Waals surface area contributed by atoms with Crippen molar-refractivity contribution < 1.29 is 0 Å². The highest BCUT2D eigenvalue weighted by Crippen LogP contribution is 2.33. The molecular formula is C18H25N3. The van der Waals surface area contributed by atoms with Gasteiger partial charge < -0.3 is 10.2 Å². The van der Waals surface area contributed by atoms with Gasteiger partial charge in [-0.2, -0.15) is 5.26 Å². The van der Waals surface area contributed by atoms with Crippen molar-refractivity contribution in [1.29, 1.82) is 5.26 Å².